The molecule has 90 valence electrons. The Bertz CT molecular complexity index is 317. The summed E-state index contributed by atoms with van der Waals surface area (Å²) in [5.41, 5.74) is -2.74. The van der Waals surface area contributed by atoms with Gasteiger partial charge in [0.15, 0.2) is 0 Å². The fourth-order valence-electron chi connectivity index (χ4n) is 1.82. The van der Waals surface area contributed by atoms with Gasteiger partial charge in [0.2, 0.25) is 0 Å². The fourth-order valence-corrected chi connectivity index (χ4v) is 5.18. The van der Waals surface area contributed by atoms with Gasteiger partial charge in [0.05, 0.1) is 11.8 Å². The number of ether oxygens (including phenoxy) is 1. The van der Waals surface area contributed by atoms with E-state index in [2.05, 4.69) is 0 Å². The van der Waals surface area contributed by atoms with E-state index in [4.69, 9.17) is 24.3 Å². The van der Waals surface area contributed by atoms with Gasteiger partial charge in [0.1, 0.15) is 5.66 Å². The van der Waals surface area contributed by atoms with Crippen molar-refractivity contribution in [1.82, 2.24) is 0 Å². The number of rotatable bonds is 2. The summed E-state index contributed by atoms with van der Waals surface area (Å²) < 4.78 is 27.2. The van der Waals surface area contributed by atoms with Crippen molar-refractivity contribution in [2.24, 2.45) is 0 Å². The van der Waals surface area contributed by atoms with Crippen LogP contribution < -0.4 is 0 Å². The highest BCUT2D eigenvalue weighted by atomic mass is 31.2. The summed E-state index contributed by atoms with van der Waals surface area (Å²) in [6.45, 7) is 1.51. The zero-order valence-electron chi connectivity index (χ0n) is 8.05. The monoisotopic (exact) mass is 260 g/mol. The molecular formula is C6H14O7P2. The molecular weight excluding hydrogens is 246 g/mol. The normalized spacial score (nSPS) is 34.1. The molecule has 1 aliphatic rings. The molecule has 3 atom stereocenters. The van der Waals surface area contributed by atoms with Gasteiger partial charge in [-0.3, -0.25) is 9.13 Å². The number of hydrogen-bond donors (Lipinski definition) is 4. The van der Waals surface area contributed by atoms with Gasteiger partial charge in [-0.1, -0.05) is 0 Å². The molecule has 0 aromatic carbocycles. The van der Waals surface area contributed by atoms with Crippen molar-refractivity contribution >= 4 is 15.2 Å². The van der Waals surface area contributed by atoms with Crippen LogP contribution in [0.25, 0.3) is 0 Å². The predicted molar refractivity (Wildman–Crippen MR) is 51.7 cm³/mol. The first-order valence-corrected chi connectivity index (χ1v) is 7.72. The summed E-state index contributed by atoms with van der Waals surface area (Å²) in [5.74, 6) is 0. The van der Waals surface area contributed by atoms with Crippen LogP contribution in [0.2, 0.25) is 0 Å². The summed E-state index contributed by atoms with van der Waals surface area (Å²) >= 11 is 0. The molecule has 0 aromatic heterocycles. The van der Waals surface area contributed by atoms with E-state index in [0.717, 1.165) is 0 Å². The summed E-state index contributed by atoms with van der Waals surface area (Å²) in [5, 5.41) is 0. The van der Waals surface area contributed by atoms with Crippen LogP contribution in [-0.4, -0.2) is 43.6 Å². The summed E-state index contributed by atoms with van der Waals surface area (Å²) in [6.07, 6.45) is -0.887. The molecule has 1 fully saturated rings. The zero-order chi connectivity index (χ0) is 11.9. The number of hydrogen-bond acceptors (Lipinski definition) is 3. The molecule has 1 saturated heterocycles. The smallest absolute Gasteiger partial charge is 0.332 e. The summed E-state index contributed by atoms with van der Waals surface area (Å²) in [4.78, 5) is 36.1. The topological polar surface area (TPSA) is 124 Å². The average Bonchev–Trinajstić information content (AvgIpc) is 1.99. The standard InChI is InChI=1S/C6H14O7P2/c1-4-6(15(10,11)12)5(2-3-13-4)14(7,8)9/h4-6H,2-3H2,1H3,(H2,7,8,9)(H2,10,11,12). The SMILES string of the molecule is CC1OCCC(P(=O)(O)O)C1P(=O)(O)O. The first-order valence-electron chi connectivity index (χ1n) is 4.36. The molecule has 0 spiro atoms. The molecule has 0 amide bonds. The Labute approximate surface area is 86.8 Å². The lowest BCUT2D eigenvalue weighted by molar-refractivity contribution is 0.0240. The molecule has 0 aromatic rings. The summed E-state index contributed by atoms with van der Waals surface area (Å²) in [7, 11) is -9.07. The van der Waals surface area contributed by atoms with E-state index < -0.39 is 32.6 Å². The third-order valence-electron chi connectivity index (χ3n) is 2.49. The van der Waals surface area contributed by atoms with Gasteiger partial charge in [-0.2, -0.15) is 0 Å². The van der Waals surface area contributed by atoms with Crippen LogP contribution >= 0.6 is 15.2 Å². The van der Waals surface area contributed by atoms with Crippen LogP contribution in [0.1, 0.15) is 13.3 Å². The molecule has 0 aliphatic carbocycles. The van der Waals surface area contributed by atoms with Crippen molar-refractivity contribution < 1.29 is 33.4 Å². The van der Waals surface area contributed by atoms with Crippen molar-refractivity contribution in [3.63, 3.8) is 0 Å². The van der Waals surface area contributed by atoms with E-state index in [-0.39, 0.29) is 13.0 Å². The quantitative estimate of drug-likeness (QED) is 0.510. The van der Waals surface area contributed by atoms with Gasteiger partial charge in [-0.05, 0) is 13.3 Å². The Morgan fingerprint density at radius 2 is 1.67 bits per heavy atom. The van der Waals surface area contributed by atoms with Gasteiger partial charge in [0.25, 0.3) is 0 Å². The Balaban J connectivity index is 3.04. The molecule has 1 rings (SSSR count). The van der Waals surface area contributed by atoms with Crippen LogP contribution in [0.5, 0.6) is 0 Å². The first-order chi connectivity index (χ1) is 6.64. The molecule has 1 aliphatic heterocycles. The van der Waals surface area contributed by atoms with E-state index in [1.54, 1.807) is 0 Å². The van der Waals surface area contributed by atoms with Crippen molar-refractivity contribution in [1.29, 1.82) is 0 Å². The molecule has 15 heavy (non-hydrogen) atoms. The predicted octanol–water partition coefficient (Wildman–Crippen LogP) is -0.112. The third kappa shape index (κ3) is 3.11. The maximum absolute atomic E-state index is 11.1. The zero-order valence-corrected chi connectivity index (χ0v) is 9.84. The second-order valence-electron chi connectivity index (χ2n) is 3.60. The van der Waals surface area contributed by atoms with Crippen molar-refractivity contribution in [3.05, 3.63) is 0 Å². The van der Waals surface area contributed by atoms with Crippen molar-refractivity contribution in [2.45, 2.75) is 30.8 Å². The highest BCUT2D eigenvalue weighted by Gasteiger charge is 2.50. The third-order valence-corrected chi connectivity index (χ3v) is 5.73. The largest absolute Gasteiger partial charge is 0.377 e. The maximum Gasteiger partial charge on any atom is 0.332 e. The highest BCUT2D eigenvalue weighted by molar-refractivity contribution is 7.57. The van der Waals surface area contributed by atoms with Gasteiger partial charge >= 0.3 is 15.2 Å². The molecule has 0 bridgehead atoms. The maximum atomic E-state index is 11.1. The highest BCUT2D eigenvalue weighted by Crippen LogP contribution is 2.58. The molecule has 9 heteroatoms. The Morgan fingerprint density at radius 3 is 2.00 bits per heavy atom. The van der Waals surface area contributed by atoms with Crippen LogP contribution in [0.4, 0.5) is 0 Å². The van der Waals surface area contributed by atoms with Crippen LogP contribution in [0, 0.1) is 0 Å². The van der Waals surface area contributed by atoms with Gasteiger partial charge in [0, 0.05) is 6.61 Å². The molecule has 3 unspecified atom stereocenters. The lowest BCUT2D eigenvalue weighted by Crippen LogP contribution is -2.42. The molecule has 4 N–H and O–H groups in total. The summed E-state index contributed by atoms with van der Waals surface area (Å²) in [6, 6.07) is 0. The van der Waals surface area contributed by atoms with Gasteiger partial charge < -0.3 is 24.3 Å². The van der Waals surface area contributed by atoms with E-state index >= 15 is 0 Å². The minimum absolute atomic E-state index is 0.0373. The Kier molecular flexibility index (Phi) is 3.78. The van der Waals surface area contributed by atoms with Gasteiger partial charge in [-0.15, -0.1) is 0 Å². The minimum Gasteiger partial charge on any atom is -0.377 e. The first kappa shape index (κ1) is 13.3. The van der Waals surface area contributed by atoms with Crippen LogP contribution in [-0.2, 0) is 13.9 Å². The van der Waals surface area contributed by atoms with Crippen LogP contribution in [0.3, 0.4) is 0 Å². The van der Waals surface area contributed by atoms with E-state index in [0.29, 0.717) is 0 Å². The van der Waals surface area contributed by atoms with Crippen molar-refractivity contribution in [2.75, 3.05) is 6.61 Å². The second-order valence-corrected chi connectivity index (χ2v) is 7.22. The molecule has 0 saturated carbocycles. The van der Waals surface area contributed by atoms with E-state index in [1.165, 1.54) is 6.92 Å². The molecule has 1 heterocycles. The Hall–Kier alpha value is 0.260. The Morgan fingerprint density at radius 1 is 1.13 bits per heavy atom. The van der Waals surface area contributed by atoms with E-state index in [9.17, 15) is 9.13 Å². The second kappa shape index (κ2) is 4.26. The average molecular weight is 260 g/mol. The van der Waals surface area contributed by atoms with Crippen molar-refractivity contribution in [3.8, 4) is 0 Å². The van der Waals surface area contributed by atoms with E-state index in [1.807, 2.05) is 0 Å². The molecule has 0 radical (unpaired) electrons. The lowest BCUT2D eigenvalue weighted by Gasteiger charge is -2.36. The fraction of sp³-hybridized carbons (Fsp3) is 1.00. The lowest BCUT2D eigenvalue weighted by atomic mass is 10.1. The van der Waals surface area contributed by atoms with Crippen LogP contribution in [0.15, 0.2) is 0 Å². The van der Waals surface area contributed by atoms with Gasteiger partial charge in [-0.25, -0.2) is 0 Å². The minimum atomic E-state index is -4.57. The molecule has 7 nitrogen and oxygen atoms in total.